The van der Waals surface area contributed by atoms with Crippen molar-refractivity contribution < 1.29 is 18.3 Å². The first kappa shape index (κ1) is 20.4. The Morgan fingerprint density at radius 3 is 3.10 bits per heavy atom. The van der Waals surface area contributed by atoms with Gasteiger partial charge in [0.25, 0.3) is 11.8 Å². The van der Waals surface area contributed by atoms with Gasteiger partial charge in [-0.25, -0.2) is 13.8 Å². The first-order chi connectivity index (χ1) is 14.9. The minimum absolute atomic E-state index is 0.0768. The maximum Gasteiger partial charge on any atom is 0.271 e. The van der Waals surface area contributed by atoms with Gasteiger partial charge in [-0.3, -0.25) is 4.79 Å². The minimum atomic E-state index is -2.97. The highest BCUT2D eigenvalue weighted by molar-refractivity contribution is 7.15. The van der Waals surface area contributed by atoms with Crippen LogP contribution < -0.4 is 5.32 Å². The maximum absolute atomic E-state index is 14.0. The van der Waals surface area contributed by atoms with Crippen molar-refractivity contribution in [2.75, 3.05) is 31.6 Å². The second kappa shape index (κ2) is 7.87. The lowest BCUT2D eigenvalue weighted by Crippen LogP contribution is -2.35. The number of ether oxygens (including phenoxy) is 1. The Kier molecular flexibility index (Phi) is 5.18. The van der Waals surface area contributed by atoms with Crippen LogP contribution in [-0.2, 0) is 23.6 Å². The van der Waals surface area contributed by atoms with E-state index in [2.05, 4.69) is 15.3 Å². The molecule has 0 bridgehead atoms. The van der Waals surface area contributed by atoms with Crippen LogP contribution in [0.15, 0.2) is 24.3 Å². The van der Waals surface area contributed by atoms with Crippen molar-refractivity contribution in [2.24, 2.45) is 5.92 Å². The van der Waals surface area contributed by atoms with Gasteiger partial charge >= 0.3 is 0 Å². The van der Waals surface area contributed by atoms with Crippen LogP contribution in [0.2, 0.25) is 0 Å². The molecule has 1 fully saturated rings. The fraction of sp³-hybridized carbons (Fsp3) is 0.455. The molecule has 0 saturated carbocycles. The first-order valence-electron chi connectivity index (χ1n) is 10.5. The number of alkyl halides is 2. The normalized spacial score (nSPS) is 19.1. The van der Waals surface area contributed by atoms with Gasteiger partial charge in [0.2, 0.25) is 0 Å². The second-order valence-electron chi connectivity index (χ2n) is 8.31. The van der Waals surface area contributed by atoms with Crippen molar-refractivity contribution in [3.8, 4) is 0 Å². The molecule has 2 aliphatic rings. The Hall–Kier alpha value is -2.52. The molecule has 164 valence electrons. The smallest absolute Gasteiger partial charge is 0.271 e. The Morgan fingerprint density at radius 2 is 2.32 bits per heavy atom. The number of aromatic nitrogens is 2. The lowest BCUT2D eigenvalue weighted by Gasteiger charge is -2.25. The highest BCUT2D eigenvalue weighted by atomic mass is 32.1. The van der Waals surface area contributed by atoms with E-state index in [0.717, 1.165) is 48.8 Å². The summed E-state index contributed by atoms with van der Waals surface area (Å²) in [5.74, 6) is -2.64. The van der Waals surface area contributed by atoms with Crippen LogP contribution in [0.25, 0.3) is 10.9 Å². The second-order valence-corrected chi connectivity index (χ2v) is 9.40. The van der Waals surface area contributed by atoms with Gasteiger partial charge in [-0.15, -0.1) is 0 Å². The topological polar surface area (TPSA) is 70.2 Å². The Morgan fingerprint density at radius 1 is 1.45 bits per heavy atom. The predicted molar refractivity (Wildman–Crippen MR) is 116 cm³/mol. The number of amides is 1. The van der Waals surface area contributed by atoms with E-state index in [0.29, 0.717) is 42.0 Å². The van der Waals surface area contributed by atoms with E-state index >= 15 is 0 Å². The first-order valence-corrected chi connectivity index (χ1v) is 11.3. The molecule has 2 N–H and O–H groups in total. The van der Waals surface area contributed by atoms with Crippen molar-refractivity contribution >= 4 is 33.3 Å². The lowest BCUT2D eigenvalue weighted by atomic mass is 10.0. The van der Waals surface area contributed by atoms with Crippen LogP contribution in [0.5, 0.6) is 0 Å². The van der Waals surface area contributed by atoms with Gasteiger partial charge in [-0.2, -0.15) is 0 Å². The average molecular weight is 447 g/mol. The van der Waals surface area contributed by atoms with Gasteiger partial charge in [0.1, 0.15) is 5.69 Å². The summed E-state index contributed by atoms with van der Waals surface area (Å²) in [4.78, 5) is 23.6. The number of rotatable bonds is 5. The maximum atomic E-state index is 14.0. The van der Waals surface area contributed by atoms with Crippen LogP contribution in [0.4, 0.5) is 13.9 Å². The molecule has 1 atom stereocenters. The van der Waals surface area contributed by atoms with Gasteiger partial charge in [0, 0.05) is 60.3 Å². The molecule has 1 unspecified atom stereocenters. The Balaban J connectivity index is 1.31. The summed E-state index contributed by atoms with van der Waals surface area (Å²) in [6, 6.07) is 6.24. The van der Waals surface area contributed by atoms with Crippen LogP contribution >= 0.6 is 11.3 Å². The molecule has 1 amide bonds. The number of nitrogens with zero attached hydrogens (tertiary/aromatic N) is 2. The molecule has 2 aliphatic heterocycles. The van der Waals surface area contributed by atoms with Gasteiger partial charge < -0.3 is 19.9 Å². The van der Waals surface area contributed by atoms with Crippen molar-refractivity contribution in [3.63, 3.8) is 0 Å². The van der Waals surface area contributed by atoms with Crippen molar-refractivity contribution in [1.29, 1.82) is 0 Å². The average Bonchev–Trinajstić information content (AvgIpc) is 3.48. The van der Waals surface area contributed by atoms with Crippen LogP contribution in [0, 0.1) is 5.92 Å². The molecule has 5 rings (SSSR count). The third-order valence-electron chi connectivity index (χ3n) is 5.95. The number of carbonyl (C=O) groups is 1. The van der Waals surface area contributed by atoms with Gasteiger partial charge in [0.15, 0.2) is 5.13 Å². The molecule has 1 saturated heterocycles. The summed E-state index contributed by atoms with van der Waals surface area (Å²) in [5, 5.41) is 4.67. The molecular formula is C22H24F2N4O2S. The third kappa shape index (κ3) is 4.04. The lowest BCUT2D eigenvalue weighted by molar-refractivity contribution is 0.0191. The van der Waals surface area contributed by atoms with Crippen molar-refractivity contribution in [3.05, 3.63) is 46.1 Å². The predicted octanol–water partition coefficient (Wildman–Crippen LogP) is 4.38. The molecule has 31 heavy (non-hydrogen) atoms. The minimum Gasteiger partial charge on any atom is -0.381 e. The zero-order valence-electron chi connectivity index (χ0n) is 17.2. The largest absolute Gasteiger partial charge is 0.381 e. The van der Waals surface area contributed by atoms with Gasteiger partial charge in [-0.05, 0) is 18.6 Å². The number of thiazole rings is 1. The molecule has 4 heterocycles. The summed E-state index contributed by atoms with van der Waals surface area (Å²) in [6.45, 7) is 4.36. The molecule has 2 aromatic heterocycles. The number of nitrogens with one attached hydrogen (secondary N) is 2. The summed E-state index contributed by atoms with van der Waals surface area (Å²) in [6.07, 6.45) is 1.75. The van der Waals surface area contributed by atoms with Crippen LogP contribution in [0.1, 0.15) is 40.0 Å². The monoisotopic (exact) mass is 446 g/mol. The highest BCUT2D eigenvalue weighted by Crippen LogP contribution is 2.34. The number of hydrogen-bond donors (Lipinski definition) is 2. The van der Waals surface area contributed by atoms with E-state index < -0.39 is 5.92 Å². The molecule has 0 radical (unpaired) electrons. The third-order valence-corrected chi connectivity index (χ3v) is 6.99. The van der Waals surface area contributed by atoms with E-state index in [1.165, 1.54) is 6.07 Å². The molecule has 3 aromatic rings. The summed E-state index contributed by atoms with van der Waals surface area (Å²) in [7, 11) is 0. The molecule has 9 heteroatoms. The van der Waals surface area contributed by atoms with E-state index in [-0.39, 0.29) is 11.5 Å². The number of aromatic amines is 1. The van der Waals surface area contributed by atoms with E-state index in [1.807, 2.05) is 0 Å². The SMILES string of the molecule is CC(F)(F)c1cccc2[nH]c(C(=O)N3CCc4nc(NCC5CCOC5)sc4C3)cc12. The molecule has 0 aliphatic carbocycles. The van der Waals surface area contributed by atoms with Gasteiger partial charge in [0.05, 0.1) is 18.8 Å². The van der Waals surface area contributed by atoms with Crippen LogP contribution in [0.3, 0.4) is 0 Å². The summed E-state index contributed by atoms with van der Waals surface area (Å²) >= 11 is 1.58. The number of H-pyrrole nitrogens is 1. The van der Waals surface area contributed by atoms with Gasteiger partial charge in [-0.1, -0.05) is 23.5 Å². The quantitative estimate of drug-likeness (QED) is 0.610. The Bertz CT molecular complexity index is 1110. The molecule has 0 spiro atoms. The molecule has 6 nitrogen and oxygen atoms in total. The zero-order valence-corrected chi connectivity index (χ0v) is 18.0. The van der Waals surface area contributed by atoms with Crippen LogP contribution in [-0.4, -0.2) is 47.1 Å². The molecule has 1 aromatic carbocycles. The number of halogens is 2. The molecular weight excluding hydrogens is 422 g/mol. The Labute approximate surface area is 182 Å². The van der Waals surface area contributed by atoms with Crippen molar-refractivity contribution in [1.82, 2.24) is 14.9 Å². The van der Waals surface area contributed by atoms with E-state index in [1.54, 1.807) is 34.4 Å². The zero-order chi connectivity index (χ0) is 21.6. The number of benzene rings is 1. The number of hydrogen-bond acceptors (Lipinski definition) is 5. The highest BCUT2D eigenvalue weighted by Gasteiger charge is 2.30. The fourth-order valence-electron chi connectivity index (χ4n) is 4.24. The standard InChI is InChI=1S/C22H24F2N4O2S/c1-22(23,24)15-3-2-4-16-14(15)9-18(26-16)20(29)28-7-5-17-19(11-28)31-21(27-17)25-10-13-6-8-30-12-13/h2-4,9,13,26H,5-8,10-12H2,1H3,(H,25,27). The van der Waals surface area contributed by atoms with Crippen molar-refractivity contribution in [2.45, 2.75) is 32.2 Å². The fourth-order valence-corrected chi connectivity index (χ4v) is 5.27. The number of anilines is 1. The van der Waals surface area contributed by atoms with E-state index in [9.17, 15) is 13.6 Å². The summed E-state index contributed by atoms with van der Waals surface area (Å²) in [5.41, 5.74) is 1.83. The number of carbonyl (C=O) groups excluding carboxylic acids is 1. The number of fused-ring (bicyclic) bond motifs is 2. The summed E-state index contributed by atoms with van der Waals surface area (Å²) < 4.78 is 33.3. The van der Waals surface area contributed by atoms with E-state index in [4.69, 9.17) is 4.74 Å².